The van der Waals surface area contributed by atoms with Crippen molar-refractivity contribution < 1.29 is 27.4 Å². The minimum atomic E-state index is -3.39. The molecule has 0 aliphatic heterocycles. The van der Waals surface area contributed by atoms with Crippen LogP contribution in [0, 0.1) is 12.7 Å². The van der Waals surface area contributed by atoms with Crippen LogP contribution in [0.4, 0.5) is 4.39 Å². The van der Waals surface area contributed by atoms with E-state index in [4.69, 9.17) is 4.74 Å². The van der Waals surface area contributed by atoms with Crippen molar-refractivity contribution in [2.45, 2.75) is 25.2 Å². The lowest BCUT2D eigenvalue weighted by Crippen LogP contribution is -2.12. The molecule has 0 amide bonds. The van der Waals surface area contributed by atoms with Gasteiger partial charge in [0.2, 0.25) is 0 Å². The molecule has 2 aromatic carbocycles. The molecule has 0 unspecified atom stereocenters. The van der Waals surface area contributed by atoms with Gasteiger partial charge in [-0.2, -0.15) is 0 Å². The molecule has 0 aliphatic carbocycles. The summed E-state index contributed by atoms with van der Waals surface area (Å²) in [6.07, 6.45) is 1.11. The fraction of sp³-hybridized carbons (Fsp3) is 0.286. The van der Waals surface area contributed by atoms with Crippen LogP contribution in [0.15, 0.2) is 52.9 Å². The summed E-state index contributed by atoms with van der Waals surface area (Å²) in [5.74, 6) is -1.05. The summed E-state index contributed by atoms with van der Waals surface area (Å²) in [5.41, 5.74) is 2.00. The molecule has 5 nitrogen and oxygen atoms in total. The van der Waals surface area contributed by atoms with Crippen LogP contribution < -0.4 is 0 Å². The summed E-state index contributed by atoms with van der Waals surface area (Å²) in [6, 6.07) is 10.5. The van der Waals surface area contributed by atoms with Crippen molar-refractivity contribution in [1.82, 2.24) is 0 Å². The van der Waals surface area contributed by atoms with E-state index in [9.17, 15) is 22.7 Å². The maximum absolute atomic E-state index is 14.2. The van der Waals surface area contributed by atoms with Crippen molar-refractivity contribution in [3.05, 3.63) is 70.5 Å². The third-order valence-corrected chi connectivity index (χ3v) is 5.35. The zero-order valence-electron chi connectivity index (χ0n) is 16.0. The molecule has 7 heteroatoms. The molecule has 2 rings (SSSR count). The van der Waals surface area contributed by atoms with E-state index < -0.39 is 21.6 Å². The second kappa shape index (κ2) is 9.12. The summed E-state index contributed by atoms with van der Waals surface area (Å²) < 4.78 is 42.8. The van der Waals surface area contributed by atoms with Gasteiger partial charge in [-0.25, -0.2) is 17.6 Å². The Morgan fingerprint density at radius 1 is 1.11 bits per heavy atom. The van der Waals surface area contributed by atoms with Crippen molar-refractivity contribution in [3.8, 4) is 0 Å². The maximum atomic E-state index is 14.2. The lowest BCUT2D eigenvalue weighted by Gasteiger charge is -2.16. The standard InChI is InChI=1S/C21H23FO5S/c1-4-27-21(24)18(11-12-23)20(16-6-5-14(2)19(22)13-16)15-7-9-17(10-8-15)28(3,25)26/h5-10,13,23H,4,11-12H2,1-3H3. The quantitative estimate of drug-likeness (QED) is 0.564. The number of aliphatic hydroxyl groups is 1. The number of aliphatic hydroxyl groups excluding tert-OH is 1. The van der Waals surface area contributed by atoms with Crippen LogP contribution in [0.1, 0.15) is 30.0 Å². The minimum absolute atomic E-state index is 0.0114. The lowest BCUT2D eigenvalue weighted by atomic mass is 9.91. The third-order valence-electron chi connectivity index (χ3n) is 4.22. The number of aryl methyl sites for hydroxylation is 1. The Morgan fingerprint density at radius 2 is 1.71 bits per heavy atom. The Kier molecular flexibility index (Phi) is 7.10. The second-order valence-electron chi connectivity index (χ2n) is 6.31. The van der Waals surface area contributed by atoms with Crippen LogP contribution in [-0.2, 0) is 19.4 Å². The van der Waals surface area contributed by atoms with Gasteiger partial charge in [-0.1, -0.05) is 24.3 Å². The van der Waals surface area contributed by atoms with Crippen LogP contribution in [0.2, 0.25) is 0 Å². The first-order valence-electron chi connectivity index (χ1n) is 8.77. The van der Waals surface area contributed by atoms with Crippen molar-refractivity contribution in [3.63, 3.8) is 0 Å². The predicted octanol–water partition coefficient (Wildman–Crippen LogP) is 3.29. The number of hydrogen-bond donors (Lipinski definition) is 1. The highest BCUT2D eigenvalue weighted by Crippen LogP contribution is 2.31. The molecule has 0 atom stereocenters. The number of sulfone groups is 1. The van der Waals surface area contributed by atoms with Crippen LogP contribution in [0.25, 0.3) is 5.57 Å². The van der Waals surface area contributed by atoms with Gasteiger partial charge >= 0.3 is 5.97 Å². The SMILES string of the molecule is CCOC(=O)C(CCO)=C(c1ccc(S(C)(=O)=O)cc1)c1ccc(C)c(F)c1. The van der Waals surface area contributed by atoms with Gasteiger partial charge < -0.3 is 9.84 Å². The average molecular weight is 406 g/mol. The number of carbonyl (C=O) groups is 1. The van der Waals surface area contributed by atoms with Crippen molar-refractivity contribution in [1.29, 1.82) is 0 Å². The molecule has 0 heterocycles. The molecule has 0 spiro atoms. The Morgan fingerprint density at radius 3 is 2.21 bits per heavy atom. The predicted molar refractivity (Wildman–Crippen MR) is 105 cm³/mol. The third kappa shape index (κ3) is 5.05. The largest absolute Gasteiger partial charge is 0.463 e. The minimum Gasteiger partial charge on any atom is -0.463 e. The van der Waals surface area contributed by atoms with Crippen molar-refractivity contribution in [2.24, 2.45) is 0 Å². The van der Waals surface area contributed by atoms with E-state index in [1.807, 2.05) is 0 Å². The van der Waals surface area contributed by atoms with E-state index in [2.05, 4.69) is 0 Å². The van der Waals surface area contributed by atoms with Crippen LogP contribution in [0.5, 0.6) is 0 Å². The highest BCUT2D eigenvalue weighted by Gasteiger charge is 2.20. The summed E-state index contributed by atoms with van der Waals surface area (Å²) in [5, 5.41) is 9.45. The molecule has 0 fully saturated rings. The van der Waals surface area contributed by atoms with E-state index >= 15 is 0 Å². The molecule has 1 N–H and O–H groups in total. The summed E-state index contributed by atoms with van der Waals surface area (Å²) in [6.45, 7) is 3.15. The molecule has 0 radical (unpaired) electrons. The van der Waals surface area contributed by atoms with Gasteiger partial charge in [-0.05, 0) is 54.3 Å². The van der Waals surface area contributed by atoms with Crippen LogP contribution in [0.3, 0.4) is 0 Å². The zero-order valence-corrected chi connectivity index (χ0v) is 16.8. The Balaban J connectivity index is 2.75. The number of carbonyl (C=O) groups excluding carboxylic acids is 1. The summed E-state index contributed by atoms with van der Waals surface area (Å²) in [4.78, 5) is 12.6. The Hall–Kier alpha value is -2.51. The van der Waals surface area contributed by atoms with Gasteiger partial charge in [0.1, 0.15) is 5.82 Å². The zero-order chi connectivity index (χ0) is 20.9. The fourth-order valence-corrected chi connectivity index (χ4v) is 3.42. The number of halogens is 1. The van der Waals surface area contributed by atoms with Gasteiger partial charge in [0, 0.05) is 24.9 Å². The van der Waals surface area contributed by atoms with Crippen molar-refractivity contribution >= 4 is 21.4 Å². The van der Waals surface area contributed by atoms with Gasteiger partial charge in [-0.3, -0.25) is 0 Å². The molecule has 0 saturated heterocycles. The number of hydrogen-bond acceptors (Lipinski definition) is 5. The molecule has 0 bridgehead atoms. The lowest BCUT2D eigenvalue weighted by molar-refractivity contribution is -0.138. The Bertz CT molecular complexity index is 992. The number of esters is 1. The molecule has 0 saturated carbocycles. The average Bonchev–Trinajstić information content (AvgIpc) is 2.64. The summed E-state index contributed by atoms with van der Waals surface area (Å²) in [7, 11) is -3.39. The summed E-state index contributed by atoms with van der Waals surface area (Å²) >= 11 is 0. The molecule has 0 aromatic heterocycles. The van der Waals surface area contributed by atoms with E-state index in [0.29, 0.717) is 22.3 Å². The Labute approximate surface area is 164 Å². The molecular weight excluding hydrogens is 383 g/mol. The van der Waals surface area contributed by atoms with E-state index in [-0.39, 0.29) is 30.1 Å². The topological polar surface area (TPSA) is 80.7 Å². The molecular formula is C21H23FO5S. The number of ether oxygens (including phenoxy) is 1. The van der Waals surface area contributed by atoms with Gasteiger partial charge in [0.05, 0.1) is 11.5 Å². The normalized spacial score (nSPS) is 12.5. The first kappa shape index (κ1) is 21.8. The molecule has 0 aliphatic rings. The van der Waals surface area contributed by atoms with Crippen LogP contribution >= 0.6 is 0 Å². The highest BCUT2D eigenvalue weighted by atomic mass is 32.2. The van der Waals surface area contributed by atoms with E-state index in [1.165, 1.54) is 18.2 Å². The van der Waals surface area contributed by atoms with Gasteiger partial charge in [-0.15, -0.1) is 0 Å². The van der Waals surface area contributed by atoms with Gasteiger partial charge in [0.25, 0.3) is 0 Å². The number of rotatable bonds is 7. The first-order valence-corrected chi connectivity index (χ1v) is 10.7. The van der Waals surface area contributed by atoms with Crippen molar-refractivity contribution in [2.75, 3.05) is 19.5 Å². The maximum Gasteiger partial charge on any atom is 0.334 e. The monoisotopic (exact) mass is 406 g/mol. The smallest absolute Gasteiger partial charge is 0.334 e. The first-order chi connectivity index (χ1) is 13.2. The van der Waals surface area contributed by atoms with Gasteiger partial charge in [0.15, 0.2) is 9.84 Å². The fourth-order valence-electron chi connectivity index (χ4n) is 2.79. The molecule has 2 aromatic rings. The molecule has 150 valence electrons. The second-order valence-corrected chi connectivity index (χ2v) is 8.32. The van der Waals surface area contributed by atoms with Crippen LogP contribution in [-0.4, -0.2) is 39.0 Å². The number of benzene rings is 2. The van der Waals surface area contributed by atoms with E-state index in [1.54, 1.807) is 38.1 Å². The molecule has 28 heavy (non-hydrogen) atoms. The van der Waals surface area contributed by atoms with E-state index in [0.717, 1.165) is 6.26 Å². The highest BCUT2D eigenvalue weighted by molar-refractivity contribution is 7.90.